The third-order valence-corrected chi connectivity index (χ3v) is 3.47. The van der Waals surface area contributed by atoms with E-state index in [1.54, 1.807) is 6.92 Å². The van der Waals surface area contributed by atoms with Gasteiger partial charge in [-0.15, -0.1) is 0 Å². The zero-order valence-electron chi connectivity index (χ0n) is 12.8. The molecule has 9 nitrogen and oxygen atoms in total. The lowest BCUT2D eigenvalue weighted by Gasteiger charge is -2.16. The van der Waals surface area contributed by atoms with Crippen LogP contribution in [-0.4, -0.2) is 47.8 Å². The summed E-state index contributed by atoms with van der Waals surface area (Å²) in [7, 11) is -5.02. The van der Waals surface area contributed by atoms with E-state index in [9.17, 15) is 27.7 Å². The number of aliphatic hydroxyl groups is 1. The molecule has 0 aliphatic rings. The van der Waals surface area contributed by atoms with Crippen LogP contribution in [0.1, 0.15) is 24.2 Å². The van der Waals surface area contributed by atoms with Crippen molar-refractivity contribution < 1.29 is 42.2 Å². The quantitative estimate of drug-likeness (QED) is 0.279. The molecule has 0 aliphatic heterocycles. The second-order valence-electron chi connectivity index (χ2n) is 4.63. The molecule has 0 saturated heterocycles. The van der Waals surface area contributed by atoms with E-state index in [1.165, 1.54) is 13.0 Å². The number of carbonyl (C=O) groups is 2. The highest BCUT2D eigenvalue weighted by Gasteiger charge is 2.29. The molecule has 1 aromatic carbocycles. The van der Waals surface area contributed by atoms with Crippen LogP contribution in [-0.2, 0) is 14.9 Å². The lowest BCUT2D eigenvalue weighted by atomic mass is 10.2. The topological polar surface area (TPSA) is 147 Å². The van der Waals surface area contributed by atoms with Crippen LogP contribution in [0.3, 0.4) is 0 Å². The minimum absolute atomic E-state index is 0.420. The Labute approximate surface area is 137 Å². The first kappa shape index (κ1) is 19.6. The lowest BCUT2D eigenvalue weighted by molar-refractivity contribution is -0.129. The van der Waals surface area contributed by atoms with Crippen molar-refractivity contribution in [2.24, 2.45) is 0 Å². The van der Waals surface area contributed by atoms with Crippen molar-refractivity contribution in [1.82, 2.24) is 0 Å². The molecule has 0 heterocycles. The van der Waals surface area contributed by atoms with Crippen molar-refractivity contribution in [2.75, 3.05) is 6.61 Å². The number of hydrogen-bond donors (Lipinski definition) is 3. The first-order chi connectivity index (χ1) is 11.1. The van der Waals surface area contributed by atoms with Gasteiger partial charge in [-0.25, -0.2) is 9.59 Å². The number of carboxylic acid groups (broad SMARTS) is 1. The van der Waals surface area contributed by atoms with Crippen molar-refractivity contribution in [1.29, 1.82) is 0 Å². The van der Waals surface area contributed by atoms with Gasteiger partial charge in [0.2, 0.25) is 0 Å². The second kappa shape index (κ2) is 7.90. The van der Waals surface area contributed by atoms with Gasteiger partial charge >= 0.3 is 11.9 Å². The number of rotatable bonds is 7. The maximum absolute atomic E-state index is 11.6. The smallest absolute Gasteiger partial charge is 0.337 e. The molecule has 0 bridgehead atoms. The van der Waals surface area contributed by atoms with E-state index in [4.69, 9.17) is 14.6 Å². The Kier molecular flexibility index (Phi) is 6.46. The summed E-state index contributed by atoms with van der Waals surface area (Å²) in [6, 6.07) is 1.86. The molecule has 0 fully saturated rings. The van der Waals surface area contributed by atoms with Gasteiger partial charge in [0.05, 0.1) is 11.7 Å². The second-order valence-corrected chi connectivity index (χ2v) is 5.99. The zero-order valence-corrected chi connectivity index (χ0v) is 13.6. The van der Waals surface area contributed by atoms with E-state index < -0.39 is 56.7 Å². The van der Waals surface area contributed by atoms with Crippen molar-refractivity contribution >= 4 is 22.1 Å². The number of carbonyl (C=O) groups excluding carboxylic acids is 1. The minimum atomic E-state index is -5.02. The fraction of sp³-hybridized carbons (Fsp3) is 0.286. The number of aromatic carboxylic acids is 1. The summed E-state index contributed by atoms with van der Waals surface area (Å²) < 4.78 is 42.5. The van der Waals surface area contributed by atoms with Gasteiger partial charge in [-0.05, 0) is 26.0 Å². The third-order valence-electron chi connectivity index (χ3n) is 2.55. The summed E-state index contributed by atoms with van der Waals surface area (Å²) in [4.78, 5) is 21.7. The highest BCUT2D eigenvalue weighted by molar-refractivity contribution is 7.86. The van der Waals surface area contributed by atoms with E-state index >= 15 is 0 Å². The molecule has 0 aromatic heterocycles. The van der Waals surface area contributed by atoms with E-state index in [-0.39, 0.29) is 0 Å². The molecule has 1 atom stereocenters. The molecule has 10 heteroatoms. The fourth-order valence-corrected chi connectivity index (χ4v) is 2.50. The first-order valence-corrected chi connectivity index (χ1v) is 8.05. The predicted octanol–water partition coefficient (Wildman–Crippen LogP) is 0.873. The molecule has 0 saturated carbocycles. The van der Waals surface area contributed by atoms with E-state index in [0.717, 1.165) is 18.2 Å². The van der Waals surface area contributed by atoms with Crippen molar-refractivity contribution in [3.8, 4) is 11.5 Å². The number of ether oxygens (including phenoxy) is 2. The molecule has 0 spiro atoms. The zero-order chi connectivity index (χ0) is 18.5. The van der Waals surface area contributed by atoms with Gasteiger partial charge in [-0.1, -0.05) is 6.08 Å². The van der Waals surface area contributed by atoms with Gasteiger partial charge in [-0.3, -0.25) is 4.55 Å². The van der Waals surface area contributed by atoms with Gasteiger partial charge in [0.25, 0.3) is 10.1 Å². The number of allylic oxidation sites excluding steroid dienone is 1. The number of benzene rings is 1. The SMILES string of the molecule is CC=CC(=O)Oc1ccc(C(=O)O)c(S(=O)(=O)O)c1OCC(C)O. The van der Waals surface area contributed by atoms with Gasteiger partial charge in [0, 0.05) is 6.08 Å². The summed E-state index contributed by atoms with van der Waals surface area (Å²) in [5, 5.41) is 18.4. The maximum atomic E-state index is 11.6. The third kappa shape index (κ3) is 5.05. The van der Waals surface area contributed by atoms with Crippen LogP contribution in [0.2, 0.25) is 0 Å². The van der Waals surface area contributed by atoms with Crippen LogP contribution < -0.4 is 9.47 Å². The Morgan fingerprint density at radius 2 is 1.96 bits per heavy atom. The average Bonchev–Trinajstić information content (AvgIpc) is 2.44. The fourth-order valence-electron chi connectivity index (χ4n) is 1.67. The van der Waals surface area contributed by atoms with Crippen LogP contribution in [0.4, 0.5) is 0 Å². The lowest BCUT2D eigenvalue weighted by Crippen LogP contribution is -2.18. The van der Waals surface area contributed by atoms with Crippen molar-refractivity contribution in [3.63, 3.8) is 0 Å². The first-order valence-electron chi connectivity index (χ1n) is 6.61. The summed E-state index contributed by atoms with van der Waals surface area (Å²) in [6.07, 6.45) is 1.37. The minimum Gasteiger partial charge on any atom is -0.486 e. The highest BCUT2D eigenvalue weighted by atomic mass is 32.2. The number of carboxylic acids is 1. The maximum Gasteiger partial charge on any atom is 0.337 e. The van der Waals surface area contributed by atoms with Gasteiger partial charge < -0.3 is 19.7 Å². The molecule has 0 amide bonds. The Morgan fingerprint density at radius 1 is 1.33 bits per heavy atom. The molecule has 0 aliphatic carbocycles. The Bertz CT molecular complexity index is 763. The summed E-state index contributed by atoms with van der Waals surface area (Å²) >= 11 is 0. The molecule has 1 rings (SSSR count). The number of aliphatic hydroxyl groups excluding tert-OH is 1. The molecule has 0 radical (unpaired) electrons. The van der Waals surface area contributed by atoms with E-state index in [0.29, 0.717) is 0 Å². The van der Waals surface area contributed by atoms with Crippen LogP contribution >= 0.6 is 0 Å². The van der Waals surface area contributed by atoms with Gasteiger partial charge in [0.15, 0.2) is 16.4 Å². The average molecular weight is 360 g/mol. The van der Waals surface area contributed by atoms with Crippen molar-refractivity contribution in [2.45, 2.75) is 24.8 Å². The summed E-state index contributed by atoms with van der Waals surface area (Å²) in [6.45, 7) is 2.45. The van der Waals surface area contributed by atoms with Crippen LogP contribution in [0.25, 0.3) is 0 Å². The van der Waals surface area contributed by atoms with Crippen LogP contribution in [0.5, 0.6) is 11.5 Å². The van der Waals surface area contributed by atoms with Crippen molar-refractivity contribution in [3.05, 3.63) is 29.8 Å². The van der Waals surface area contributed by atoms with Crippen LogP contribution in [0.15, 0.2) is 29.2 Å². The Morgan fingerprint density at radius 3 is 2.42 bits per heavy atom. The molecule has 3 N–H and O–H groups in total. The monoisotopic (exact) mass is 360 g/mol. The van der Waals surface area contributed by atoms with E-state index in [1.807, 2.05) is 0 Å². The van der Waals surface area contributed by atoms with Crippen LogP contribution in [0, 0.1) is 0 Å². The molecule has 1 aromatic rings. The van der Waals surface area contributed by atoms with Gasteiger partial charge in [0.1, 0.15) is 6.61 Å². The summed E-state index contributed by atoms with van der Waals surface area (Å²) in [5.74, 6) is -3.62. The highest BCUT2D eigenvalue weighted by Crippen LogP contribution is 2.37. The number of hydrogen-bond acceptors (Lipinski definition) is 7. The normalized spacial score (nSPS) is 12.8. The van der Waals surface area contributed by atoms with Gasteiger partial charge in [-0.2, -0.15) is 8.42 Å². The molecule has 24 heavy (non-hydrogen) atoms. The number of esters is 1. The predicted molar refractivity (Wildman–Crippen MR) is 80.8 cm³/mol. The molecular formula is C14H16O9S. The molecular weight excluding hydrogens is 344 g/mol. The Balaban J connectivity index is 3.59. The Hall–Kier alpha value is -2.43. The molecule has 1 unspecified atom stereocenters. The summed E-state index contributed by atoms with van der Waals surface area (Å²) in [5.41, 5.74) is -0.774. The molecule has 132 valence electrons. The largest absolute Gasteiger partial charge is 0.486 e. The standard InChI is InChI=1S/C14H16O9S/c1-3-4-11(16)23-10-6-5-9(14(17)18)13(24(19,20)21)12(10)22-7-8(2)15/h3-6,8,15H,7H2,1-2H3,(H,17,18)(H,19,20,21). The van der Waals surface area contributed by atoms with E-state index in [2.05, 4.69) is 0 Å².